The molecule has 0 aliphatic carbocycles. The van der Waals surface area contributed by atoms with E-state index in [0.29, 0.717) is 0 Å². The van der Waals surface area contributed by atoms with Gasteiger partial charge in [-0.2, -0.15) is 0 Å². The van der Waals surface area contributed by atoms with Gasteiger partial charge in [0.25, 0.3) is 5.56 Å². The minimum absolute atomic E-state index is 0.0583. The summed E-state index contributed by atoms with van der Waals surface area (Å²) in [5.74, 6) is 0. The van der Waals surface area contributed by atoms with Crippen molar-refractivity contribution in [3.63, 3.8) is 0 Å². The maximum absolute atomic E-state index is 10.9. The van der Waals surface area contributed by atoms with E-state index in [-0.39, 0.29) is 9.90 Å². The standard InChI is InChI=1S/C5H7N2O5P/c1-3-2-7(13(10,11)12)5(9)6-4(3)8/h2H,1H3,(H,6,8,9)(H2,10,11,12). The van der Waals surface area contributed by atoms with Crippen molar-refractivity contribution in [1.82, 2.24) is 9.32 Å². The first kappa shape index (κ1) is 9.91. The smallest absolute Gasteiger partial charge is 0.308 e. The summed E-state index contributed by atoms with van der Waals surface area (Å²) in [4.78, 5) is 40.7. The van der Waals surface area contributed by atoms with Crippen molar-refractivity contribution >= 4 is 7.75 Å². The highest BCUT2D eigenvalue weighted by Crippen LogP contribution is 2.33. The zero-order valence-corrected chi connectivity index (χ0v) is 7.49. The zero-order valence-electron chi connectivity index (χ0n) is 6.59. The van der Waals surface area contributed by atoms with Crippen molar-refractivity contribution in [3.05, 3.63) is 32.6 Å². The molecule has 0 radical (unpaired) electrons. The number of aromatic amines is 1. The lowest BCUT2D eigenvalue weighted by atomic mass is 10.4. The van der Waals surface area contributed by atoms with Crippen LogP contribution >= 0.6 is 7.75 Å². The number of nitrogens with zero attached hydrogens (tertiary/aromatic N) is 1. The van der Waals surface area contributed by atoms with Gasteiger partial charge in [0.1, 0.15) is 0 Å². The number of hydrogen-bond acceptors (Lipinski definition) is 3. The van der Waals surface area contributed by atoms with Crippen molar-refractivity contribution in [1.29, 1.82) is 0 Å². The zero-order chi connectivity index (χ0) is 10.2. The molecule has 7 nitrogen and oxygen atoms in total. The summed E-state index contributed by atoms with van der Waals surface area (Å²) in [6.45, 7) is 1.34. The van der Waals surface area contributed by atoms with Gasteiger partial charge >= 0.3 is 13.4 Å². The third kappa shape index (κ3) is 1.95. The van der Waals surface area contributed by atoms with Gasteiger partial charge in [-0.1, -0.05) is 0 Å². The molecule has 0 aromatic carbocycles. The van der Waals surface area contributed by atoms with E-state index in [9.17, 15) is 14.2 Å². The first-order valence-electron chi connectivity index (χ1n) is 3.21. The highest BCUT2D eigenvalue weighted by atomic mass is 31.2. The summed E-state index contributed by atoms with van der Waals surface area (Å²) < 4.78 is 10.8. The molecule has 0 saturated carbocycles. The summed E-state index contributed by atoms with van der Waals surface area (Å²) >= 11 is 0. The minimum atomic E-state index is -4.67. The Balaban J connectivity index is 3.60. The van der Waals surface area contributed by atoms with Gasteiger partial charge < -0.3 is 9.79 Å². The molecule has 3 N–H and O–H groups in total. The van der Waals surface area contributed by atoms with E-state index in [0.717, 1.165) is 6.20 Å². The van der Waals surface area contributed by atoms with Gasteiger partial charge in [-0.05, 0) is 6.92 Å². The fourth-order valence-electron chi connectivity index (χ4n) is 0.747. The van der Waals surface area contributed by atoms with Crippen molar-refractivity contribution in [2.24, 2.45) is 0 Å². The molecular weight excluding hydrogens is 199 g/mol. The first-order chi connectivity index (χ1) is 5.82. The Kier molecular flexibility index (Phi) is 2.25. The summed E-state index contributed by atoms with van der Waals surface area (Å²) in [5, 5.41) is 0. The van der Waals surface area contributed by atoms with Crippen molar-refractivity contribution < 1.29 is 14.4 Å². The van der Waals surface area contributed by atoms with E-state index < -0.39 is 19.0 Å². The lowest BCUT2D eigenvalue weighted by Crippen LogP contribution is -2.29. The second-order valence-electron chi connectivity index (χ2n) is 2.43. The largest absolute Gasteiger partial charge is 0.437 e. The molecule has 8 heteroatoms. The van der Waals surface area contributed by atoms with Crippen molar-refractivity contribution in [2.75, 3.05) is 0 Å². The molecule has 1 heterocycles. The average molecular weight is 206 g/mol. The van der Waals surface area contributed by atoms with Gasteiger partial charge in [0.05, 0.1) is 0 Å². The molecule has 1 rings (SSSR count). The number of hydrogen-bond donors (Lipinski definition) is 3. The van der Waals surface area contributed by atoms with E-state index in [1.165, 1.54) is 6.92 Å². The number of aromatic nitrogens is 2. The average Bonchev–Trinajstić information content (AvgIpc) is 1.94. The lowest BCUT2D eigenvalue weighted by molar-refractivity contribution is 0.358. The van der Waals surface area contributed by atoms with Gasteiger partial charge in [-0.25, -0.2) is 13.7 Å². The van der Waals surface area contributed by atoms with E-state index in [4.69, 9.17) is 9.79 Å². The van der Waals surface area contributed by atoms with E-state index in [1.54, 1.807) is 4.98 Å². The monoisotopic (exact) mass is 206 g/mol. The molecule has 0 unspecified atom stereocenters. The maximum Gasteiger partial charge on any atom is 0.437 e. The second kappa shape index (κ2) is 2.95. The van der Waals surface area contributed by atoms with E-state index in [1.807, 2.05) is 0 Å². The first-order valence-corrected chi connectivity index (χ1v) is 4.78. The van der Waals surface area contributed by atoms with Crippen LogP contribution in [-0.2, 0) is 4.57 Å². The highest BCUT2D eigenvalue weighted by Gasteiger charge is 2.18. The van der Waals surface area contributed by atoms with Gasteiger partial charge in [-0.15, -0.1) is 0 Å². The third-order valence-electron chi connectivity index (χ3n) is 1.38. The molecule has 13 heavy (non-hydrogen) atoms. The Morgan fingerprint density at radius 3 is 2.46 bits per heavy atom. The van der Waals surface area contributed by atoms with Crippen LogP contribution in [0.2, 0.25) is 0 Å². The van der Waals surface area contributed by atoms with Crippen LogP contribution in [0.15, 0.2) is 15.8 Å². The van der Waals surface area contributed by atoms with Gasteiger partial charge in [0.15, 0.2) is 0 Å². The van der Waals surface area contributed by atoms with Crippen LogP contribution in [0.4, 0.5) is 0 Å². The Morgan fingerprint density at radius 2 is 2.00 bits per heavy atom. The third-order valence-corrected chi connectivity index (χ3v) is 2.24. The van der Waals surface area contributed by atoms with Crippen LogP contribution < -0.4 is 11.2 Å². The Labute approximate surface area is 71.9 Å². The van der Waals surface area contributed by atoms with Crippen LogP contribution in [-0.4, -0.2) is 19.1 Å². The maximum atomic E-state index is 10.9. The van der Waals surface area contributed by atoms with E-state index in [2.05, 4.69) is 0 Å². The Morgan fingerprint density at radius 1 is 1.46 bits per heavy atom. The number of nitrogens with one attached hydrogen (secondary N) is 1. The van der Waals surface area contributed by atoms with Gasteiger partial charge in [-0.3, -0.25) is 9.78 Å². The predicted molar refractivity (Wildman–Crippen MR) is 43.5 cm³/mol. The van der Waals surface area contributed by atoms with Crippen LogP contribution in [0.25, 0.3) is 0 Å². The second-order valence-corrected chi connectivity index (χ2v) is 3.89. The Hall–Kier alpha value is -1.17. The lowest BCUT2D eigenvalue weighted by Gasteiger charge is -2.05. The fraction of sp³-hybridized carbons (Fsp3) is 0.200. The summed E-state index contributed by atoms with van der Waals surface area (Å²) in [5.41, 5.74) is -1.72. The van der Waals surface area contributed by atoms with Crippen molar-refractivity contribution in [2.45, 2.75) is 6.92 Å². The van der Waals surface area contributed by atoms with Gasteiger partial charge in [0, 0.05) is 11.8 Å². The number of aryl methyl sites for hydroxylation is 1. The summed E-state index contributed by atoms with van der Waals surface area (Å²) in [7, 11) is -4.67. The Bertz CT molecular complexity index is 480. The van der Waals surface area contributed by atoms with Crippen LogP contribution in [0.3, 0.4) is 0 Å². The fourth-order valence-corrected chi connectivity index (χ4v) is 1.36. The molecule has 0 fully saturated rings. The molecule has 0 aliphatic rings. The van der Waals surface area contributed by atoms with Crippen LogP contribution in [0.5, 0.6) is 0 Å². The molecule has 0 bridgehead atoms. The van der Waals surface area contributed by atoms with Crippen LogP contribution in [0.1, 0.15) is 5.56 Å². The molecule has 72 valence electrons. The highest BCUT2D eigenvalue weighted by molar-refractivity contribution is 7.50. The van der Waals surface area contributed by atoms with Gasteiger partial charge in [0.2, 0.25) is 0 Å². The number of rotatable bonds is 1. The van der Waals surface area contributed by atoms with Crippen LogP contribution in [0, 0.1) is 6.92 Å². The molecule has 0 amide bonds. The number of H-pyrrole nitrogens is 1. The molecule has 1 aromatic heterocycles. The van der Waals surface area contributed by atoms with E-state index >= 15 is 0 Å². The predicted octanol–water partition coefficient (Wildman–Crippen LogP) is -1.21. The molecular formula is C5H7N2O5P. The molecule has 1 aromatic rings. The molecule has 0 saturated heterocycles. The minimum Gasteiger partial charge on any atom is -0.308 e. The van der Waals surface area contributed by atoms with Crippen molar-refractivity contribution in [3.8, 4) is 0 Å². The molecule has 0 spiro atoms. The molecule has 0 atom stereocenters. The SMILES string of the molecule is Cc1cn(P(=O)(O)O)c(=O)[nH]c1=O. The normalized spacial score (nSPS) is 11.6. The summed E-state index contributed by atoms with van der Waals surface area (Å²) in [6.07, 6.45) is 0.821. The topological polar surface area (TPSA) is 112 Å². The molecule has 0 aliphatic heterocycles. The summed E-state index contributed by atoms with van der Waals surface area (Å²) in [6, 6.07) is 0. The quantitative estimate of drug-likeness (QED) is 0.499.